The number of ether oxygens (including phenoxy) is 1. The summed E-state index contributed by atoms with van der Waals surface area (Å²) in [6, 6.07) is 10.7. The van der Waals surface area contributed by atoms with Crippen LogP contribution in [0.3, 0.4) is 0 Å². The van der Waals surface area contributed by atoms with Crippen LogP contribution in [0.5, 0.6) is 0 Å². The van der Waals surface area contributed by atoms with Gasteiger partial charge < -0.3 is 10.1 Å². The monoisotopic (exact) mass is 393 g/mol. The summed E-state index contributed by atoms with van der Waals surface area (Å²) in [6.07, 6.45) is 0. The molecule has 1 amide bonds. The van der Waals surface area contributed by atoms with E-state index in [9.17, 15) is 14.4 Å². The summed E-state index contributed by atoms with van der Waals surface area (Å²) in [6.45, 7) is 3.10. The van der Waals surface area contributed by atoms with Gasteiger partial charge in [0.2, 0.25) is 5.91 Å². The van der Waals surface area contributed by atoms with Crippen LogP contribution in [0.25, 0.3) is 0 Å². The molecule has 0 radical (unpaired) electrons. The predicted octanol–water partition coefficient (Wildman–Crippen LogP) is 4.63. The second-order valence-electron chi connectivity index (χ2n) is 5.85. The molecule has 5 nitrogen and oxygen atoms in total. The van der Waals surface area contributed by atoms with E-state index < -0.39 is 18.4 Å². The Labute approximate surface area is 161 Å². The number of anilines is 1. The largest absolute Gasteiger partial charge is 0.454 e. The Balaban J connectivity index is 2.00. The van der Waals surface area contributed by atoms with E-state index in [0.29, 0.717) is 16.3 Å². The van der Waals surface area contributed by atoms with Gasteiger partial charge in [-0.25, -0.2) is 4.79 Å². The summed E-state index contributed by atoms with van der Waals surface area (Å²) < 4.78 is 5.04. The molecule has 0 spiro atoms. The maximum atomic E-state index is 12.1. The van der Waals surface area contributed by atoms with E-state index in [0.717, 1.165) is 0 Å². The number of hydrogen-bond donors (Lipinski definition) is 1. The highest BCUT2D eigenvalue weighted by Gasteiger charge is 2.14. The minimum absolute atomic E-state index is 0.162. The molecular formula is C19H17Cl2NO4. The Morgan fingerprint density at radius 1 is 1.00 bits per heavy atom. The third kappa shape index (κ3) is 5.31. The number of carbonyl (C=O) groups excluding carboxylic acids is 3. The van der Waals surface area contributed by atoms with Crippen LogP contribution >= 0.6 is 23.2 Å². The second-order valence-corrected chi connectivity index (χ2v) is 6.67. The first-order valence-corrected chi connectivity index (χ1v) is 8.60. The van der Waals surface area contributed by atoms with Gasteiger partial charge in [-0.05, 0) is 36.4 Å². The van der Waals surface area contributed by atoms with Crippen molar-refractivity contribution >= 4 is 46.5 Å². The SMILES string of the molecule is CC(C)C(=O)Nc1cccc(C(=O)OCC(=O)c2ccc(Cl)c(Cl)c2)c1. The number of benzene rings is 2. The molecule has 0 atom stereocenters. The van der Waals surface area contributed by atoms with Crippen LogP contribution in [-0.2, 0) is 9.53 Å². The highest BCUT2D eigenvalue weighted by atomic mass is 35.5. The first-order chi connectivity index (χ1) is 12.3. The number of Topliss-reactive ketones (excluding diaryl/α,β-unsaturated/α-hetero) is 1. The topological polar surface area (TPSA) is 72.5 Å². The first-order valence-electron chi connectivity index (χ1n) is 7.84. The van der Waals surface area contributed by atoms with Crippen LogP contribution < -0.4 is 5.32 Å². The number of nitrogens with one attached hydrogen (secondary N) is 1. The van der Waals surface area contributed by atoms with Crippen LogP contribution in [-0.4, -0.2) is 24.3 Å². The Bertz CT molecular complexity index is 849. The van der Waals surface area contributed by atoms with Crippen molar-refractivity contribution < 1.29 is 19.1 Å². The summed E-state index contributed by atoms with van der Waals surface area (Å²) in [5.74, 6) is -1.42. The Morgan fingerprint density at radius 2 is 1.73 bits per heavy atom. The summed E-state index contributed by atoms with van der Waals surface area (Å²) in [5.41, 5.74) is 1.01. The molecular weight excluding hydrogens is 377 g/mol. The highest BCUT2D eigenvalue weighted by molar-refractivity contribution is 6.42. The number of amides is 1. The van der Waals surface area contributed by atoms with Crippen molar-refractivity contribution in [1.82, 2.24) is 0 Å². The lowest BCUT2D eigenvalue weighted by Gasteiger charge is -2.09. The molecule has 0 saturated carbocycles. The molecule has 136 valence electrons. The maximum absolute atomic E-state index is 12.1. The van der Waals surface area contributed by atoms with E-state index in [4.69, 9.17) is 27.9 Å². The van der Waals surface area contributed by atoms with Crippen molar-refractivity contribution in [3.63, 3.8) is 0 Å². The minimum Gasteiger partial charge on any atom is -0.454 e. The van der Waals surface area contributed by atoms with E-state index in [1.807, 2.05) is 0 Å². The van der Waals surface area contributed by atoms with Crippen molar-refractivity contribution in [2.24, 2.45) is 5.92 Å². The maximum Gasteiger partial charge on any atom is 0.338 e. The molecule has 0 aliphatic carbocycles. The number of carbonyl (C=O) groups is 3. The molecule has 0 saturated heterocycles. The molecule has 2 aromatic rings. The standard InChI is InChI=1S/C19H17Cl2NO4/c1-11(2)18(24)22-14-5-3-4-13(8-14)19(25)26-10-17(23)12-6-7-15(20)16(21)9-12/h3-9,11H,10H2,1-2H3,(H,22,24). The van der Waals surface area contributed by atoms with Gasteiger partial charge in [0, 0.05) is 17.2 Å². The van der Waals surface area contributed by atoms with Gasteiger partial charge >= 0.3 is 5.97 Å². The number of esters is 1. The van der Waals surface area contributed by atoms with Crippen LogP contribution in [0, 0.1) is 5.92 Å². The van der Waals surface area contributed by atoms with E-state index in [1.54, 1.807) is 26.0 Å². The number of rotatable bonds is 6. The number of halogens is 2. The zero-order valence-corrected chi connectivity index (χ0v) is 15.7. The van der Waals surface area contributed by atoms with Gasteiger partial charge in [-0.1, -0.05) is 43.1 Å². The molecule has 2 aromatic carbocycles. The Morgan fingerprint density at radius 3 is 2.38 bits per heavy atom. The second kappa shape index (κ2) is 8.83. The average molecular weight is 394 g/mol. The van der Waals surface area contributed by atoms with Gasteiger partial charge in [-0.2, -0.15) is 0 Å². The lowest BCUT2D eigenvalue weighted by atomic mass is 10.1. The molecule has 1 N–H and O–H groups in total. The third-order valence-electron chi connectivity index (χ3n) is 3.47. The molecule has 0 aliphatic rings. The summed E-state index contributed by atoms with van der Waals surface area (Å²) in [4.78, 5) is 36.0. The van der Waals surface area contributed by atoms with Crippen molar-refractivity contribution in [3.05, 3.63) is 63.6 Å². The predicted molar refractivity (Wildman–Crippen MR) is 101 cm³/mol. The molecule has 0 aliphatic heterocycles. The van der Waals surface area contributed by atoms with Crippen molar-refractivity contribution in [1.29, 1.82) is 0 Å². The zero-order valence-electron chi connectivity index (χ0n) is 14.2. The van der Waals surface area contributed by atoms with Crippen LogP contribution in [0.2, 0.25) is 10.0 Å². The molecule has 0 fully saturated rings. The molecule has 0 aromatic heterocycles. The fourth-order valence-electron chi connectivity index (χ4n) is 1.98. The van der Waals surface area contributed by atoms with Crippen molar-refractivity contribution in [2.45, 2.75) is 13.8 Å². The lowest BCUT2D eigenvalue weighted by Crippen LogP contribution is -2.18. The molecule has 7 heteroatoms. The average Bonchev–Trinajstić information content (AvgIpc) is 2.61. The molecule has 0 heterocycles. The third-order valence-corrected chi connectivity index (χ3v) is 4.21. The van der Waals surface area contributed by atoms with Gasteiger partial charge in [0.15, 0.2) is 12.4 Å². The summed E-state index contributed by atoms with van der Waals surface area (Å²) in [5, 5.41) is 3.28. The van der Waals surface area contributed by atoms with Crippen molar-refractivity contribution in [3.8, 4) is 0 Å². The summed E-state index contributed by atoms with van der Waals surface area (Å²) in [7, 11) is 0. The van der Waals surface area contributed by atoms with E-state index >= 15 is 0 Å². The summed E-state index contributed by atoms with van der Waals surface area (Å²) >= 11 is 11.7. The van der Waals surface area contributed by atoms with Gasteiger partial charge in [0.05, 0.1) is 15.6 Å². The van der Waals surface area contributed by atoms with Crippen LogP contribution in [0.15, 0.2) is 42.5 Å². The number of hydrogen-bond acceptors (Lipinski definition) is 4. The van der Waals surface area contributed by atoms with E-state index in [2.05, 4.69) is 5.32 Å². The first kappa shape index (κ1) is 19.9. The molecule has 26 heavy (non-hydrogen) atoms. The minimum atomic E-state index is -0.668. The fourth-order valence-corrected chi connectivity index (χ4v) is 2.28. The van der Waals surface area contributed by atoms with Crippen LogP contribution in [0.1, 0.15) is 34.6 Å². The molecule has 0 bridgehead atoms. The quantitative estimate of drug-likeness (QED) is 0.573. The van der Waals surface area contributed by atoms with Gasteiger partial charge in [0.25, 0.3) is 0 Å². The van der Waals surface area contributed by atoms with E-state index in [-0.39, 0.29) is 22.4 Å². The zero-order chi connectivity index (χ0) is 19.3. The lowest BCUT2D eigenvalue weighted by molar-refractivity contribution is -0.118. The van der Waals surface area contributed by atoms with Crippen LogP contribution in [0.4, 0.5) is 5.69 Å². The fraction of sp³-hybridized carbons (Fsp3) is 0.211. The molecule has 2 rings (SSSR count). The molecule has 0 unspecified atom stereocenters. The van der Waals surface area contributed by atoms with Gasteiger partial charge in [-0.3, -0.25) is 9.59 Å². The van der Waals surface area contributed by atoms with Crippen molar-refractivity contribution in [2.75, 3.05) is 11.9 Å². The Hall–Kier alpha value is -2.37. The van der Waals surface area contributed by atoms with Gasteiger partial charge in [-0.15, -0.1) is 0 Å². The highest BCUT2D eigenvalue weighted by Crippen LogP contribution is 2.23. The normalized spacial score (nSPS) is 10.5. The van der Waals surface area contributed by atoms with E-state index in [1.165, 1.54) is 30.3 Å². The smallest absolute Gasteiger partial charge is 0.338 e. The number of ketones is 1. The van der Waals surface area contributed by atoms with Gasteiger partial charge in [0.1, 0.15) is 0 Å². The Kier molecular flexibility index (Phi) is 6.77.